The fraction of sp³-hybridized carbons (Fsp3) is 0.632. The maximum atomic E-state index is 12.4. The summed E-state index contributed by atoms with van der Waals surface area (Å²) in [5.41, 5.74) is 2.88. The second-order valence-corrected chi connectivity index (χ2v) is 7.60. The predicted molar refractivity (Wildman–Crippen MR) is 86.3 cm³/mol. The molecule has 3 heteroatoms. The molecule has 0 N–H and O–H groups in total. The number of fused-ring (bicyclic) bond motifs is 1. The summed E-state index contributed by atoms with van der Waals surface area (Å²) in [6.07, 6.45) is 3.70. The van der Waals surface area contributed by atoms with Crippen molar-refractivity contribution in [3.63, 3.8) is 0 Å². The van der Waals surface area contributed by atoms with E-state index in [0.29, 0.717) is 23.7 Å². The molecule has 1 aromatic carbocycles. The Balaban J connectivity index is 1.92. The molecule has 3 nitrogen and oxygen atoms in total. The van der Waals surface area contributed by atoms with Crippen LogP contribution in [0.3, 0.4) is 0 Å². The Morgan fingerprint density at radius 3 is 2.91 bits per heavy atom. The number of methoxy groups -OCH3 is 1. The lowest BCUT2D eigenvalue weighted by molar-refractivity contribution is -0.130. The van der Waals surface area contributed by atoms with E-state index in [9.17, 15) is 4.79 Å². The predicted octanol–water partition coefficient (Wildman–Crippen LogP) is 2.81. The van der Waals surface area contributed by atoms with Gasteiger partial charge in [-0.25, -0.2) is 0 Å². The number of likely N-dealkylation sites (N-methyl/N-ethyl adjacent to an activating group) is 1. The molecule has 0 aromatic heterocycles. The highest BCUT2D eigenvalue weighted by molar-refractivity contribution is 5.82. The first-order chi connectivity index (χ1) is 10.5. The number of ketones is 1. The van der Waals surface area contributed by atoms with Crippen molar-refractivity contribution in [1.82, 2.24) is 4.90 Å². The van der Waals surface area contributed by atoms with Gasteiger partial charge in [0.15, 0.2) is 0 Å². The van der Waals surface area contributed by atoms with Gasteiger partial charge in [0.2, 0.25) is 0 Å². The van der Waals surface area contributed by atoms with Crippen molar-refractivity contribution >= 4 is 5.78 Å². The summed E-state index contributed by atoms with van der Waals surface area (Å²) in [7, 11) is 3.98. The number of Topliss-reactive ketones (excluding diaryl/α,β-unsaturated/α-hetero) is 1. The third-order valence-electron chi connectivity index (χ3n) is 6.49. The minimum absolute atomic E-state index is 0.0497. The Morgan fingerprint density at radius 2 is 2.14 bits per heavy atom. The highest BCUT2D eigenvalue weighted by atomic mass is 16.5. The summed E-state index contributed by atoms with van der Waals surface area (Å²) >= 11 is 0. The number of likely N-dealkylation sites (tertiary alicyclic amines) is 1. The van der Waals surface area contributed by atoms with E-state index < -0.39 is 0 Å². The third-order valence-corrected chi connectivity index (χ3v) is 6.49. The molecule has 0 radical (unpaired) electrons. The zero-order chi connectivity index (χ0) is 15.5. The molecular weight excluding hydrogens is 274 g/mol. The number of rotatable bonds is 1. The maximum absolute atomic E-state index is 12.4. The van der Waals surface area contributed by atoms with Crippen molar-refractivity contribution in [2.75, 3.05) is 20.7 Å². The summed E-state index contributed by atoms with van der Waals surface area (Å²) in [6, 6.07) is 7.09. The first-order valence-electron chi connectivity index (χ1n) is 8.44. The lowest BCUT2D eigenvalue weighted by atomic mass is 9.49. The number of piperidine rings is 1. The van der Waals surface area contributed by atoms with E-state index in [1.54, 1.807) is 7.11 Å². The molecule has 1 heterocycles. The summed E-state index contributed by atoms with van der Waals surface area (Å²) in [5.74, 6) is 2.45. The van der Waals surface area contributed by atoms with Crippen LogP contribution in [-0.2, 0) is 16.6 Å². The summed E-state index contributed by atoms with van der Waals surface area (Å²) in [5, 5.41) is 0. The molecular formula is C19H25NO2. The number of nitrogens with zero attached hydrogens (tertiary/aromatic N) is 1. The minimum atomic E-state index is 0.0497. The molecule has 4 rings (SSSR count). The molecule has 0 spiro atoms. The first-order valence-corrected chi connectivity index (χ1v) is 8.44. The number of benzene rings is 1. The summed E-state index contributed by atoms with van der Waals surface area (Å²) in [6.45, 7) is 3.38. The van der Waals surface area contributed by atoms with Gasteiger partial charge in [-0.05, 0) is 61.5 Å². The molecule has 2 fully saturated rings. The van der Waals surface area contributed by atoms with Gasteiger partial charge in [0.25, 0.3) is 0 Å². The quantitative estimate of drug-likeness (QED) is 0.798. The van der Waals surface area contributed by atoms with Crippen molar-refractivity contribution in [3.05, 3.63) is 29.3 Å². The Bertz CT molecular complexity index is 626. The van der Waals surface area contributed by atoms with Crippen LogP contribution in [0.4, 0.5) is 0 Å². The molecule has 2 unspecified atom stereocenters. The van der Waals surface area contributed by atoms with E-state index in [1.165, 1.54) is 11.1 Å². The van der Waals surface area contributed by atoms with E-state index >= 15 is 0 Å². The van der Waals surface area contributed by atoms with Crippen LogP contribution in [0.25, 0.3) is 0 Å². The van der Waals surface area contributed by atoms with E-state index in [-0.39, 0.29) is 5.41 Å². The van der Waals surface area contributed by atoms with E-state index in [4.69, 9.17) is 4.74 Å². The zero-order valence-corrected chi connectivity index (χ0v) is 13.8. The Hall–Kier alpha value is -1.35. The Morgan fingerprint density at radius 1 is 1.32 bits per heavy atom. The average molecular weight is 299 g/mol. The highest BCUT2D eigenvalue weighted by Crippen LogP contribution is 2.56. The van der Waals surface area contributed by atoms with Crippen LogP contribution < -0.4 is 4.74 Å². The molecule has 1 aromatic rings. The topological polar surface area (TPSA) is 29.5 Å². The zero-order valence-electron chi connectivity index (χ0n) is 13.8. The van der Waals surface area contributed by atoms with Gasteiger partial charge < -0.3 is 9.64 Å². The fourth-order valence-corrected chi connectivity index (χ4v) is 5.63. The lowest BCUT2D eigenvalue weighted by Gasteiger charge is -2.60. The maximum Gasteiger partial charge on any atom is 0.134 e. The average Bonchev–Trinajstić information content (AvgIpc) is 2.50. The van der Waals surface area contributed by atoms with Crippen LogP contribution in [0.5, 0.6) is 5.75 Å². The van der Waals surface area contributed by atoms with E-state index in [1.807, 2.05) is 0 Å². The van der Waals surface area contributed by atoms with Crippen LogP contribution in [-0.4, -0.2) is 37.4 Å². The Kier molecular flexibility index (Phi) is 3.12. The lowest BCUT2D eigenvalue weighted by Crippen LogP contribution is -2.63. The minimum Gasteiger partial charge on any atom is -0.497 e. The number of carbonyl (C=O) groups is 1. The smallest absolute Gasteiger partial charge is 0.134 e. The summed E-state index contributed by atoms with van der Waals surface area (Å²) < 4.78 is 5.47. The van der Waals surface area contributed by atoms with Gasteiger partial charge in [0.1, 0.15) is 11.5 Å². The van der Waals surface area contributed by atoms with Gasteiger partial charge in [-0.15, -0.1) is 0 Å². The normalized spacial score (nSPS) is 37.4. The van der Waals surface area contributed by atoms with Gasteiger partial charge in [-0.1, -0.05) is 13.0 Å². The van der Waals surface area contributed by atoms with Gasteiger partial charge in [0.05, 0.1) is 7.11 Å². The molecule has 22 heavy (non-hydrogen) atoms. The van der Waals surface area contributed by atoms with Gasteiger partial charge in [-0.3, -0.25) is 4.79 Å². The molecule has 3 aliphatic rings. The molecule has 1 saturated carbocycles. The van der Waals surface area contributed by atoms with Crippen molar-refractivity contribution in [2.45, 2.75) is 44.1 Å². The highest BCUT2D eigenvalue weighted by Gasteiger charge is 2.57. The molecule has 2 bridgehead atoms. The second kappa shape index (κ2) is 4.82. The largest absolute Gasteiger partial charge is 0.497 e. The SMILES string of the molecule is COc1ccc2c(c1)C13CCN(C)C(C2)[C@@H]1[C@@H](C)CC(=O)C3. The van der Waals surface area contributed by atoms with Crippen LogP contribution in [0, 0.1) is 11.8 Å². The number of hydrogen-bond donors (Lipinski definition) is 0. The summed E-state index contributed by atoms with van der Waals surface area (Å²) in [4.78, 5) is 15.0. The Labute approximate surface area is 132 Å². The van der Waals surface area contributed by atoms with Crippen LogP contribution in [0.2, 0.25) is 0 Å². The molecule has 2 aliphatic carbocycles. The van der Waals surface area contributed by atoms with E-state index in [2.05, 4.69) is 37.1 Å². The van der Waals surface area contributed by atoms with Crippen molar-refractivity contribution < 1.29 is 9.53 Å². The van der Waals surface area contributed by atoms with Gasteiger partial charge >= 0.3 is 0 Å². The van der Waals surface area contributed by atoms with Crippen LogP contribution in [0.15, 0.2) is 18.2 Å². The van der Waals surface area contributed by atoms with Gasteiger partial charge in [0, 0.05) is 24.3 Å². The molecule has 118 valence electrons. The third kappa shape index (κ3) is 1.81. The van der Waals surface area contributed by atoms with Crippen molar-refractivity contribution in [2.24, 2.45) is 11.8 Å². The molecule has 4 atom stereocenters. The molecule has 1 aliphatic heterocycles. The van der Waals surface area contributed by atoms with Crippen molar-refractivity contribution in [3.8, 4) is 5.75 Å². The number of ether oxygens (including phenoxy) is 1. The first kappa shape index (κ1) is 14.3. The van der Waals surface area contributed by atoms with Crippen LogP contribution >= 0.6 is 0 Å². The monoisotopic (exact) mass is 299 g/mol. The van der Waals surface area contributed by atoms with Crippen LogP contribution in [0.1, 0.15) is 37.3 Å². The number of carbonyl (C=O) groups excluding carboxylic acids is 1. The molecule has 0 amide bonds. The fourth-order valence-electron chi connectivity index (χ4n) is 5.63. The van der Waals surface area contributed by atoms with Crippen molar-refractivity contribution in [1.29, 1.82) is 0 Å². The standard InChI is InChI=1S/C19H25NO2/c1-12-8-14(21)11-19-6-7-20(2)17(18(12)19)9-13-4-5-15(22-3)10-16(13)19/h4-5,10,12,17-18H,6-9,11H2,1-3H3/t12-,17?,18-,19?/m0/s1. The molecule has 1 saturated heterocycles. The number of hydrogen-bond acceptors (Lipinski definition) is 3. The van der Waals surface area contributed by atoms with E-state index in [0.717, 1.165) is 38.0 Å². The van der Waals surface area contributed by atoms with Gasteiger partial charge in [-0.2, -0.15) is 0 Å². The second-order valence-electron chi connectivity index (χ2n) is 7.60.